The molecule has 0 aliphatic heterocycles. The first-order valence-corrected chi connectivity index (χ1v) is 5.92. The number of aliphatic carboxylic acids is 2. The number of carbonyl (C=O) groups excluding carboxylic acids is 1. The van der Waals surface area contributed by atoms with E-state index in [1.165, 1.54) is 0 Å². The van der Waals surface area contributed by atoms with Crippen LogP contribution in [0.3, 0.4) is 0 Å². The lowest BCUT2D eigenvalue weighted by Crippen LogP contribution is -2.23. The van der Waals surface area contributed by atoms with E-state index in [9.17, 15) is 14.4 Å². The molecule has 1 unspecified atom stereocenters. The largest absolute Gasteiger partial charge is 0.481 e. The third-order valence-electron chi connectivity index (χ3n) is 3.19. The fourth-order valence-electron chi connectivity index (χ4n) is 1.89. The Kier molecular flexibility index (Phi) is 4.66. The van der Waals surface area contributed by atoms with Gasteiger partial charge in [0.05, 0.1) is 0 Å². The van der Waals surface area contributed by atoms with E-state index in [1.54, 1.807) is 0 Å². The molecule has 0 aromatic heterocycles. The van der Waals surface area contributed by atoms with Crippen molar-refractivity contribution >= 4 is 17.7 Å². The second-order valence-electron chi connectivity index (χ2n) is 4.74. The maximum atomic E-state index is 11.6. The standard InChI is InChI=1S/C12H18O5/c1-7(10(13)8-5-6-8)3-2-4-9(11(14)15)12(16)17/h7-9H,2-6H2,1H3,(H,14,15)(H,16,17). The van der Waals surface area contributed by atoms with Crippen molar-refractivity contribution in [2.75, 3.05) is 0 Å². The summed E-state index contributed by atoms with van der Waals surface area (Å²) in [6.07, 6.45) is 3.06. The summed E-state index contributed by atoms with van der Waals surface area (Å²) in [4.78, 5) is 32.9. The van der Waals surface area contributed by atoms with E-state index in [1.807, 2.05) is 6.92 Å². The molecule has 96 valence electrons. The molecule has 1 atom stereocenters. The van der Waals surface area contributed by atoms with Crippen LogP contribution in [0.5, 0.6) is 0 Å². The third kappa shape index (κ3) is 4.17. The van der Waals surface area contributed by atoms with E-state index in [0.717, 1.165) is 12.8 Å². The number of carboxylic acids is 2. The van der Waals surface area contributed by atoms with Gasteiger partial charge >= 0.3 is 11.9 Å². The zero-order valence-electron chi connectivity index (χ0n) is 9.89. The number of carboxylic acid groups (broad SMARTS) is 2. The van der Waals surface area contributed by atoms with Gasteiger partial charge in [0, 0.05) is 11.8 Å². The molecule has 2 N–H and O–H groups in total. The van der Waals surface area contributed by atoms with Crippen molar-refractivity contribution in [3.05, 3.63) is 0 Å². The predicted octanol–water partition coefficient (Wildman–Crippen LogP) is 1.56. The van der Waals surface area contributed by atoms with Crippen molar-refractivity contribution in [2.45, 2.75) is 39.0 Å². The first-order valence-electron chi connectivity index (χ1n) is 5.92. The van der Waals surface area contributed by atoms with Gasteiger partial charge in [-0.1, -0.05) is 13.3 Å². The van der Waals surface area contributed by atoms with Crippen LogP contribution in [0.2, 0.25) is 0 Å². The van der Waals surface area contributed by atoms with E-state index >= 15 is 0 Å². The van der Waals surface area contributed by atoms with Gasteiger partial charge in [-0.05, 0) is 25.7 Å². The molecule has 0 amide bonds. The molecular formula is C12H18O5. The number of hydrogen-bond acceptors (Lipinski definition) is 3. The molecule has 0 heterocycles. The molecule has 5 nitrogen and oxygen atoms in total. The third-order valence-corrected chi connectivity index (χ3v) is 3.19. The molecule has 5 heteroatoms. The highest BCUT2D eigenvalue weighted by molar-refractivity contribution is 5.92. The van der Waals surface area contributed by atoms with Crippen LogP contribution in [0.1, 0.15) is 39.0 Å². The quantitative estimate of drug-likeness (QED) is 0.630. The van der Waals surface area contributed by atoms with Crippen molar-refractivity contribution in [3.8, 4) is 0 Å². The van der Waals surface area contributed by atoms with Gasteiger partial charge in [0.1, 0.15) is 5.78 Å². The summed E-state index contributed by atoms with van der Waals surface area (Å²) in [6.45, 7) is 1.83. The Hall–Kier alpha value is -1.39. The van der Waals surface area contributed by atoms with Crippen molar-refractivity contribution < 1.29 is 24.6 Å². The van der Waals surface area contributed by atoms with Gasteiger partial charge in [-0.3, -0.25) is 14.4 Å². The molecule has 0 aromatic carbocycles. The van der Waals surface area contributed by atoms with Gasteiger partial charge < -0.3 is 10.2 Å². The van der Waals surface area contributed by atoms with Gasteiger partial charge in [0.2, 0.25) is 0 Å². The average molecular weight is 242 g/mol. The minimum atomic E-state index is -1.35. The summed E-state index contributed by atoms with van der Waals surface area (Å²) in [6, 6.07) is 0. The Balaban J connectivity index is 2.27. The van der Waals surface area contributed by atoms with Gasteiger partial charge in [0.15, 0.2) is 5.92 Å². The number of Topliss-reactive ketones (excluding diaryl/α,β-unsaturated/α-hetero) is 1. The van der Waals surface area contributed by atoms with Crippen molar-refractivity contribution in [1.29, 1.82) is 0 Å². The smallest absolute Gasteiger partial charge is 0.317 e. The fourth-order valence-corrected chi connectivity index (χ4v) is 1.89. The van der Waals surface area contributed by atoms with Crippen molar-refractivity contribution in [2.24, 2.45) is 17.8 Å². The van der Waals surface area contributed by atoms with Gasteiger partial charge in [0.25, 0.3) is 0 Å². The molecule has 0 radical (unpaired) electrons. The molecule has 0 spiro atoms. The summed E-state index contributed by atoms with van der Waals surface area (Å²) in [5.41, 5.74) is 0. The molecule has 1 fully saturated rings. The lowest BCUT2D eigenvalue weighted by Gasteiger charge is -2.11. The van der Waals surface area contributed by atoms with Crippen LogP contribution in [-0.4, -0.2) is 27.9 Å². The average Bonchev–Trinajstić information content (AvgIpc) is 3.05. The highest BCUT2D eigenvalue weighted by Gasteiger charge is 2.33. The number of ketones is 1. The van der Waals surface area contributed by atoms with E-state index in [2.05, 4.69) is 0 Å². The summed E-state index contributed by atoms with van der Waals surface area (Å²) < 4.78 is 0. The zero-order valence-corrected chi connectivity index (χ0v) is 9.89. The lowest BCUT2D eigenvalue weighted by atomic mass is 9.93. The Morgan fingerprint density at radius 2 is 1.65 bits per heavy atom. The van der Waals surface area contributed by atoms with Crippen LogP contribution in [-0.2, 0) is 14.4 Å². The highest BCUT2D eigenvalue weighted by Crippen LogP contribution is 2.33. The van der Waals surface area contributed by atoms with Crippen LogP contribution in [0.25, 0.3) is 0 Å². The Labute approximate surface area is 99.8 Å². The normalized spacial score (nSPS) is 16.8. The molecule has 1 rings (SSSR count). The summed E-state index contributed by atoms with van der Waals surface area (Å²) >= 11 is 0. The van der Waals surface area contributed by atoms with Crippen LogP contribution in [0.15, 0.2) is 0 Å². The Morgan fingerprint density at radius 3 is 2.06 bits per heavy atom. The van der Waals surface area contributed by atoms with Crippen molar-refractivity contribution in [1.82, 2.24) is 0 Å². The van der Waals surface area contributed by atoms with Gasteiger partial charge in [-0.25, -0.2) is 0 Å². The fraction of sp³-hybridized carbons (Fsp3) is 0.750. The molecule has 1 saturated carbocycles. The number of hydrogen-bond donors (Lipinski definition) is 2. The minimum absolute atomic E-state index is 0.0780. The molecule has 17 heavy (non-hydrogen) atoms. The first kappa shape index (κ1) is 13.7. The maximum absolute atomic E-state index is 11.6. The van der Waals surface area contributed by atoms with Crippen LogP contribution in [0.4, 0.5) is 0 Å². The predicted molar refractivity (Wildman–Crippen MR) is 59.5 cm³/mol. The second kappa shape index (κ2) is 5.80. The molecular weight excluding hydrogens is 224 g/mol. The summed E-state index contributed by atoms with van der Waals surface area (Å²) in [7, 11) is 0. The number of rotatable bonds is 8. The monoisotopic (exact) mass is 242 g/mol. The highest BCUT2D eigenvalue weighted by atomic mass is 16.4. The van der Waals surface area contributed by atoms with E-state index < -0.39 is 17.9 Å². The minimum Gasteiger partial charge on any atom is -0.481 e. The molecule has 0 aromatic rings. The van der Waals surface area contributed by atoms with Crippen LogP contribution in [0, 0.1) is 17.8 Å². The van der Waals surface area contributed by atoms with Crippen LogP contribution >= 0.6 is 0 Å². The van der Waals surface area contributed by atoms with Gasteiger partial charge in [-0.2, -0.15) is 0 Å². The zero-order chi connectivity index (χ0) is 13.0. The summed E-state index contributed by atoms with van der Waals surface area (Å²) in [5, 5.41) is 17.3. The molecule has 0 bridgehead atoms. The molecule has 1 aliphatic carbocycles. The Bertz CT molecular complexity index is 305. The topological polar surface area (TPSA) is 91.7 Å². The van der Waals surface area contributed by atoms with E-state index in [-0.39, 0.29) is 24.0 Å². The van der Waals surface area contributed by atoms with Crippen LogP contribution < -0.4 is 0 Å². The first-order chi connectivity index (χ1) is 7.93. The molecule has 1 aliphatic rings. The maximum Gasteiger partial charge on any atom is 0.317 e. The van der Waals surface area contributed by atoms with Crippen molar-refractivity contribution in [3.63, 3.8) is 0 Å². The number of carbonyl (C=O) groups is 3. The lowest BCUT2D eigenvalue weighted by molar-refractivity contribution is -0.154. The van der Waals surface area contributed by atoms with E-state index in [4.69, 9.17) is 10.2 Å². The van der Waals surface area contributed by atoms with Gasteiger partial charge in [-0.15, -0.1) is 0 Å². The van der Waals surface area contributed by atoms with E-state index in [0.29, 0.717) is 12.8 Å². The molecule has 0 saturated heterocycles. The Morgan fingerprint density at radius 1 is 1.12 bits per heavy atom. The second-order valence-corrected chi connectivity index (χ2v) is 4.74. The SMILES string of the molecule is CC(CCCC(C(=O)O)C(=O)O)C(=O)C1CC1. The summed E-state index contributed by atoms with van der Waals surface area (Å²) in [5.74, 6) is -3.59.